The molecule has 0 fully saturated rings. The van der Waals surface area contributed by atoms with Crippen molar-refractivity contribution < 1.29 is 19.2 Å². The Morgan fingerprint density at radius 2 is 2.14 bits per heavy atom. The molecular formula is C19H24N4O4S2. The Labute approximate surface area is 173 Å². The first kappa shape index (κ1) is 20.4. The van der Waals surface area contributed by atoms with E-state index in [4.69, 9.17) is 5.14 Å². The number of anilines is 1. The fourth-order valence-electron chi connectivity index (χ4n) is 3.94. The molecule has 0 spiro atoms. The summed E-state index contributed by atoms with van der Waals surface area (Å²) in [6.07, 6.45) is 4.78. The molecule has 8 nitrogen and oxygen atoms in total. The van der Waals surface area contributed by atoms with Gasteiger partial charge in [0.15, 0.2) is 9.92 Å². The number of nitrogens with two attached hydrogens (primary N) is 1. The summed E-state index contributed by atoms with van der Waals surface area (Å²) in [5.41, 5.74) is 3.45. The van der Waals surface area contributed by atoms with Crippen LogP contribution in [0.5, 0.6) is 0 Å². The molecule has 0 saturated carbocycles. The second kappa shape index (κ2) is 7.13. The van der Waals surface area contributed by atoms with Crippen molar-refractivity contribution in [2.75, 3.05) is 5.32 Å². The molecule has 2 atom stereocenters. The maximum atomic E-state index is 12.8. The molecule has 0 saturated heterocycles. The van der Waals surface area contributed by atoms with E-state index in [1.807, 2.05) is 6.07 Å². The second-order valence-corrected chi connectivity index (χ2v) is 11.0. The van der Waals surface area contributed by atoms with Crippen LogP contribution in [0.1, 0.15) is 60.1 Å². The number of fused-ring (bicyclic) bond motifs is 2. The predicted molar refractivity (Wildman–Crippen MR) is 111 cm³/mol. The quantitative estimate of drug-likeness (QED) is 0.586. The summed E-state index contributed by atoms with van der Waals surface area (Å²) in [5, 5.41) is 29.2. The second-order valence-electron chi connectivity index (χ2n) is 8.00. The number of aliphatic hydroxyl groups is 2. The smallest absolute Gasteiger partial charge is 0.354 e. The molecule has 2 aliphatic rings. The third kappa shape index (κ3) is 3.82. The molecule has 29 heavy (non-hydrogen) atoms. The number of hydrogen-bond donors (Lipinski definition) is 4. The number of carbonyl (C=O) groups is 1. The lowest BCUT2D eigenvalue weighted by Crippen LogP contribution is -2.18. The van der Waals surface area contributed by atoms with E-state index < -0.39 is 27.7 Å². The van der Waals surface area contributed by atoms with E-state index in [1.165, 1.54) is 6.20 Å². The van der Waals surface area contributed by atoms with Crippen LogP contribution in [0.2, 0.25) is 0 Å². The van der Waals surface area contributed by atoms with Gasteiger partial charge in [0.25, 0.3) is 0 Å². The number of rotatable bonds is 3. The molecular weight excluding hydrogens is 412 g/mol. The average Bonchev–Trinajstić information content (AvgIpc) is 3.33. The van der Waals surface area contributed by atoms with E-state index in [0.717, 1.165) is 52.9 Å². The van der Waals surface area contributed by atoms with Gasteiger partial charge in [0.1, 0.15) is 14.8 Å². The zero-order chi connectivity index (χ0) is 21.0. The molecule has 2 aromatic rings. The van der Waals surface area contributed by atoms with Gasteiger partial charge in [-0.1, -0.05) is 6.07 Å². The van der Waals surface area contributed by atoms with E-state index in [2.05, 4.69) is 14.7 Å². The number of thiazole rings is 1. The first-order chi connectivity index (χ1) is 13.6. The van der Waals surface area contributed by atoms with Crippen molar-refractivity contribution in [1.29, 1.82) is 0 Å². The minimum absolute atomic E-state index is 0.128. The van der Waals surface area contributed by atoms with Crippen LogP contribution in [-0.2, 0) is 34.8 Å². The Hall–Kier alpha value is -1.85. The van der Waals surface area contributed by atoms with E-state index in [9.17, 15) is 19.2 Å². The lowest BCUT2D eigenvalue weighted by atomic mass is 9.98. The van der Waals surface area contributed by atoms with Crippen LogP contribution in [0, 0.1) is 0 Å². The summed E-state index contributed by atoms with van der Waals surface area (Å²) in [6, 6.07) is 1.25. The maximum Gasteiger partial charge on any atom is 0.354 e. The number of aromatic nitrogens is 1. The molecule has 0 aliphatic heterocycles. The van der Waals surface area contributed by atoms with Crippen molar-refractivity contribution >= 4 is 33.0 Å². The molecule has 1 unspecified atom stereocenters. The molecule has 2 amide bonds. The molecule has 4 rings (SSSR count). The Balaban J connectivity index is 1.66. The van der Waals surface area contributed by atoms with E-state index in [1.54, 1.807) is 13.8 Å². The van der Waals surface area contributed by atoms with E-state index in [-0.39, 0.29) is 4.21 Å². The molecule has 10 heteroatoms. The predicted octanol–water partition coefficient (Wildman–Crippen LogP) is 2.77. The monoisotopic (exact) mass is 436 g/mol. The number of urea groups is 1. The lowest BCUT2D eigenvalue weighted by molar-refractivity contribution is 0.0783. The van der Waals surface area contributed by atoms with Gasteiger partial charge in [-0.2, -0.15) is 0 Å². The molecule has 1 aromatic heterocycles. The van der Waals surface area contributed by atoms with Crippen molar-refractivity contribution in [3.8, 4) is 0 Å². The number of hydrogen-bond acceptors (Lipinski definition) is 6. The van der Waals surface area contributed by atoms with Crippen molar-refractivity contribution in [1.82, 2.24) is 4.98 Å². The van der Waals surface area contributed by atoms with Gasteiger partial charge in [-0.25, -0.2) is 19.1 Å². The van der Waals surface area contributed by atoms with Crippen LogP contribution in [0.15, 0.2) is 20.8 Å². The maximum absolute atomic E-state index is 12.8. The number of amides is 2. The average molecular weight is 437 g/mol. The Morgan fingerprint density at radius 3 is 2.83 bits per heavy atom. The number of aliphatic hydroxyl groups excluding tert-OH is 1. The number of nitrogens with zero attached hydrogens (tertiary/aromatic N) is 2. The highest BCUT2D eigenvalue weighted by Gasteiger charge is 2.29. The van der Waals surface area contributed by atoms with Gasteiger partial charge >= 0.3 is 6.03 Å². The van der Waals surface area contributed by atoms with Crippen molar-refractivity contribution in [3.63, 3.8) is 0 Å². The standard InChI is InChI=1S/C19H24N4O4S2/c1-19(2,26)17-21-9-15(28-17)29(20,27)23-18(25)22-16-11-5-3-4-10(11)8-13-12(16)6-7-14(13)24/h8-9,14,24,26H,3-7H2,1-2H3,(H3,20,22,23,25,27)/t14?,29-/m0/s1. The van der Waals surface area contributed by atoms with Gasteiger partial charge in [-0.3, -0.25) is 0 Å². The van der Waals surface area contributed by atoms with Gasteiger partial charge in [-0.15, -0.1) is 15.7 Å². The van der Waals surface area contributed by atoms with Crippen LogP contribution in [0.25, 0.3) is 0 Å². The van der Waals surface area contributed by atoms with Gasteiger partial charge in [0.05, 0.1) is 12.3 Å². The summed E-state index contributed by atoms with van der Waals surface area (Å²) >= 11 is 0.967. The zero-order valence-corrected chi connectivity index (χ0v) is 17.9. The lowest BCUT2D eigenvalue weighted by Gasteiger charge is -2.15. The van der Waals surface area contributed by atoms with Gasteiger partial charge < -0.3 is 15.5 Å². The first-order valence-corrected chi connectivity index (χ1v) is 11.9. The van der Waals surface area contributed by atoms with E-state index in [0.29, 0.717) is 23.5 Å². The Kier molecular flexibility index (Phi) is 5.02. The number of carbonyl (C=O) groups excluding carboxylic acids is 1. The van der Waals surface area contributed by atoms with Crippen molar-refractivity contribution in [2.24, 2.45) is 9.50 Å². The number of nitrogens with one attached hydrogen (secondary N) is 1. The highest BCUT2D eigenvalue weighted by Crippen LogP contribution is 2.42. The molecule has 1 aromatic carbocycles. The molecule has 156 valence electrons. The van der Waals surface area contributed by atoms with Crippen LogP contribution in [0.3, 0.4) is 0 Å². The fourth-order valence-corrected chi connectivity index (χ4v) is 6.01. The Bertz CT molecular complexity index is 1110. The van der Waals surface area contributed by atoms with Crippen LogP contribution in [0.4, 0.5) is 10.5 Å². The topological polar surface area (TPSA) is 138 Å². The summed E-state index contributed by atoms with van der Waals surface area (Å²) in [5.74, 6) is 0. The third-order valence-corrected chi connectivity index (χ3v) is 8.51. The van der Waals surface area contributed by atoms with Gasteiger partial charge in [-0.05, 0) is 68.2 Å². The molecule has 2 aliphatic carbocycles. The van der Waals surface area contributed by atoms with Gasteiger partial charge in [0.2, 0.25) is 0 Å². The summed E-state index contributed by atoms with van der Waals surface area (Å²) < 4.78 is 16.7. The minimum Gasteiger partial charge on any atom is -0.388 e. The molecule has 0 bridgehead atoms. The summed E-state index contributed by atoms with van der Waals surface area (Å²) in [7, 11) is -3.50. The normalized spacial score (nSPS) is 20.1. The van der Waals surface area contributed by atoms with Crippen molar-refractivity contribution in [3.05, 3.63) is 39.5 Å². The first-order valence-electron chi connectivity index (χ1n) is 9.46. The van der Waals surface area contributed by atoms with Gasteiger partial charge in [0, 0.05) is 5.69 Å². The zero-order valence-electron chi connectivity index (χ0n) is 16.3. The molecule has 5 N–H and O–H groups in total. The molecule has 0 radical (unpaired) electrons. The Morgan fingerprint density at radius 1 is 1.38 bits per heavy atom. The molecule has 1 heterocycles. The summed E-state index contributed by atoms with van der Waals surface area (Å²) in [6.45, 7) is 3.12. The summed E-state index contributed by atoms with van der Waals surface area (Å²) in [4.78, 5) is 16.7. The number of benzene rings is 1. The number of aryl methyl sites for hydroxylation is 1. The highest BCUT2D eigenvalue weighted by atomic mass is 32.2. The van der Waals surface area contributed by atoms with Crippen molar-refractivity contribution in [2.45, 2.75) is 61.9 Å². The highest BCUT2D eigenvalue weighted by molar-refractivity contribution is 7.93. The largest absolute Gasteiger partial charge is 0.388 e. The van der Waals surface area contributed by atoms with Crippen LogP contribution in [-0.4, -0.2) is 25.4 Å². The van der Waals surface area contributed by atoms with Crippen LogP contribution >= 0.6 is 11.3 Å². The fraction of sp³-hybridized carbons (Fsp3) is 0.474. The SMILES string of the molecule is CC(C)(O)c1ncc([S@@](N)(=O)=NC(=O)Nc2c3c(cc4c2CCC4O)CCC3)s1. The van der Waals surface area contributed by atoms with Crippen LogP contribution < -0.4 is 10.5 Å². The minimum atomic E-state index is -3.50. The van der Waals surface area contributed by atoms with E-state index >= 15 is 0 Å². The third-order valence-electron chi connectivity index (χ3n) is 5.32.